The Morgan fingerprint density at radius 2 is 1.50 bits per heavy atom. The van der Waals surface area contributed by atoms with Gasteiger partial charge in [-0.05, 0) is 38.5 Å². The van der Waals surface area contributed by atoms with Crippen molar-refractivity contribution in [2.45, 2.75) is 20.8 Å². The number of esters is 1. The standard InChI is InChI=1S/C21H21NO2/c1-4-24-21(23)20-16(3)22(18-13-9-6-10-14-18)15(2)19(20)17-11-7-5-8-12-17/h5-14H,4H2,1-3H3. The van der Waals surface area contributed by atoms with Gasteiger partial charge in [-0.3, -0.25) is 0 Å². The van der Waals surface area contributed by atoms with Crippen LogP contribution in [0.25, 0.3) is 16.8 Å². The molecule has 3 rings (SSSR count). The SMILES string of the molecule is CCOC(=O)c1c(-c2ccccc2)c(C)n(-c2ccccc2)c1C. The molecule has 3 aromatic rings. The molecule has 2 aromatic carbocycles. The summed E-state index contributed by atoms with van der Waals surface area (Å²) < 4.78 is 7.44. The van der Waals surface area contributed by atoms with E-state index in [1.54, 1.807) is 0 Å². The van der Waals surface area contributed by atoms with Gasteiger partial charge >= 0.3 is 5.97 Å². The van der Waals surface area contributed by atoms with Gasteiger partial charge < -0.3 is 9.30 Å². The molecule has 3 heteroatoms. The summed E-state index contributed by atoms with van der Waals surface area (Å²) in [5.41, 5.74) is 5.58. The normalized spacial score (nSPS) is 10.6. The lowest BCUT2D eigenvalue weighted by molar-refractivity contribution is 0.0526. The van der Waals surface area contributed by atoms with Crippen LogP contribution in [0.4, 0.5) is 0 Å². The zero-order valence-corrected chi connectivity index (χ0v) is 14.2. The monoisotopic (exact) mass is 319 g/mol. The number of ether oxygens (including phenoxy) is 1. The molecule has 0 saturated heterocycles. The third kappa shape index (κ3) is 2.73. The number of hydrogen-bond donors (Lipinski definition) is 0. The summed E-state index contributed by atoms with van der Waals surface area (Å²) in [7, 11) is 0. The Bertz CT molecular complexity index is 849. The first-order valence-electron chi connectivity index (χ1n) is 8.15. The van der Waals surface area contributed by atoms with E-state index in [0.717, 1.165) is 28.2 Å². The quantitative estimate of drug-likeness (QED) is 0.638. The van der Waals surface area contributed by atoms with Crippen LogP contribution in [0.2, 0.25) is 0 Å². The second-order valence-corrected chi connectivity index (χ2v) is 5.68. The lowest BCUT2D eigenvalue weighted by Gasteiger charge is -2.09. The van der Waals surface area contributed by atoms with Crippen LogP contribution in [0.15, 0.2) is 60.7 Å². The lowest BCUT2D eigenvalue weighted by Crippen LogP contribution is -2.07. The molecule has 0 bridgehead atoms. The van der Waals surface area contributed by atoms with Gasteiger partial charge in [0.1, 0.15) is 0 Å². The first kappa shape index (κ1) is 16.1. The van der Waals surface area contributed by atoms with Crippen LogP contribution in [0.5, 0.6) is 0 Å². The summed E-state index contributed by atoms with van der Waals surface area (Å²) in [6.45, 7) is 6.21. The Morgan fingerprint density at radius 3 is 2.08 bits per heavy atom. The van der Waals surface area contributed by atoms with Crippen molar-refractivity contribution in [1.29, 1.82) is 0 Å². The molecule has 0 fully saturated rings. The Morgan fingerprint density at radius 1 is 0.917 bits per heavy atom. The Hall–Kier alpha value is -2.81. The number of nitrogens with zero attached hydrogens (tertiary/aromatic N) is 1. The van der Waals surface area contributed by atoms with E-state index < -0.39 is 0 Å². The van der Waals surface area contributed by atoms with E-state index in [-0.39, 0.29) is 5.97 Å². The Kier molecular flexibility index (Phi) is 4.52. The largest absolute Gasteiger partial charge is 0.462 e. The molecular weight excluding hydrogens is 298 g/mol. The topological polar surface area (TPSA) is 31.2 Å². The molecule has 0 N–H and O–H groups in total. The van der Waals surface area contributed by atoms with Crippen LogP contribution in [-0.4, -0.2) is 17.1 Å². The van der Waals surface area contributed by atoms with Gasteiger partial charge in [-0.25, -0.2) is 4.79 Å². The van der Waals surface area contributed by atoms with Crippen LogP contribution in [0, 0.1) is 13.8 Å². The number of para-hydroxylation sites is 1. The average molecular weight is 319 g/mol. The minimum atomic E-state index is -0.272. The van der Waals surface area contributed by atoms with Crippen LogP contribution in [-0.2, 0) is 4.74 Å². The van der Waals surface area contributed by atoms with Gasteiger partial charge in [0.05, 0.1) is 12.2 Å². The van der Waals surface area contributed by atoms with Crippen molar-refractivity contribution >= 4 is 5.97 Å². The highest BCUT2D eigenvalue weighted by Crippen LogP contribution is 2.34. The van der Waals surface area contributed by atoms with E-state index >= 15 is 0 Å². The van der Waals surface area contributed by atoms with Crippen molar-refractivity contribution in [3.63, 3.8) is 0 Å². The third-order valence-corrected chi connectivity index (χ3v) is 4.20. The third-order valence-electron chi connectivity index (χ3n) is 4.20. The fraction of sp³-hybridized carbons (Fsp3) is 0.190. The summed E-state index contributed by atoms with van der Waals surface area (Å²) in [5, 5.41) is 0. The van der Waals surface area contributed by atoms with E-state index in [1.165, 1.54) is 0 Å². The maximum absolute atomic E-state index is 12.6. The molecule has 1 heterocycles. The summed E-state index contributed by atoms with van der Waals surface area (Å²) in [6, 6.07) is 20.1. The number of aromatic nitrogens is 1. The minimum Gasteiger partial charge on any atom is -0.462 e. The summed E-state index contributed by atoms with van der Waals surface area (Å²) in [4.78, 5) is 12.6. The maximum Gasteiger partial charge on any atom is 0.340 e. The number of benzene rings is 2. The number of carbonyl (C=O) groups excluding carboxylic acids is 1. The Labute approximate surface area is 142 Å². The van der Waals surface area contributed by atoms with Crippen molar-refractivity contribution in [1.82, 2.24) is 4.57 Å². The first-order chi connectivity index (χ1) is 11.6. The van der Waals surface area contributed by atoms with Gasteiger partial charge in [0, 0.05) is 22.6 Å². The van der Waals surface area contributed by atoms with Crippen molar-refractivity contribution < 1.29 is 9.53 Å². The van der Waals surface area contributed by atoms with Gasteiger partial charge in [-0.2, -0.15) is 0 Å². The summed E-state index contributed by atoms with van der Waals surface area (Å²) in [6.07, 6.45) is 0. The number of rotatable bonds is 4. The van der Waals surface area contributed by atoms with Crippen molar-refractivity contribution in [2.24, 2.45) is 0 Å². The molecular formula is C21H21NO2. The number of carbonyl (C=O) groups is 1. The molecule has 3 nitrogen and oxygen atoms in total. The first-order valence-corrected chi connectivity index (χ1v) is 8.15. The van der Waals surface area contributed by atoms with Gasteiger partial charge in [-0.15, -0.1) is 0 Å². The molecule has 0 aliphatic carbocycles. The van der Waals surface area contributed by atoms with Crippen molar-refractivity contribution in [3.05, 3.63) is 77.6 Å². The average Bonchev–Trinajstić information content (AvgIpc) is 2.87. The predicted octanol–water partition coefficient (Wildman–Crippen LogP) is 4.94. The molecule has 0 atom stereocenters. The molecule has 0 unspecified atom stereocenters. The van der Waals surface area contributed by atoms with Gasteiger partial charge in [0.2, 0.25) is 0 Å². The number of hydrogen-bond acceptors (Lipinski definition) is 2. The van der Waals surface area contributed by atoms with E-state index in [2.05, 4.69) is 4.57 Å². The predicted molar refractivity (Wildman–Crippen MR) is 96.6 cm³/mol. The molecule has 1 aromatic heterocycles. The zero-order valence-electron chi connectivity index (χ0n) is 14.2. The molecule has 0 amide bonds. The Balaban J connectivity index is 2.29. The zero-order chi connectivity index (χ0) is 17.1. The highest BCUT2D eigenvalue weighted by Gasteiger charge is 2.25. The fourth-order valence-corrected chi connectivity index (χ4v) is 3.21. The maximum atomic E-state index is 12.6. The van der Waals surface area contributed by atoms with Crippen LogP contribution < -0.4 is 0 Å². The summed E-state index contributed by atoms with van der Waals surface area (Å²) >= 11 is 0. The smallest absolute Gasteiger partial charge is 0.340 e. The van der Waals surface area contributed by atoms with E-state index in [1.807, 2.05) is 81.4 Å². The van der Waals surface area contributed by atoms with E-state index in [9.17, 15) is 4.79 Å². The van der Waals surface area contributed by atoms with Crippen molar-refractivity contribution in [2.75, 3.05) is 6.61 Å². The van der Waals surface area contributed by atoms with Gasteiger partial charge in [0.15, 0.2) is 0 Å². The lowest BCUT2D eigenvalue weighted by atomic mass is 10.0. The van der Waals surface area contributed by atoms with E-state index in [4.69, 9.17) is 4.74 Å². The van der Waals surface area contributed by atoms with Crippen molar-refractivity contribution in [3.8, 4) is 16.8 Å². The molecule has 0 aliphatic rings. The van der Waals surface area contributed by atoms with Gasteiger partial charge in [0.25, 0.3) is 0 Å². The molecule has 122 valence electrons. The van der Waals surface area contributed by atoms with Crippen LogP contribution in [0.1, 0.15) is 28.7 Å². The summed E-state index contributed by atoms with van der Waals surface area (Å²) in [5.74, 6) is -0.272. The van der Waals surface area contributed by atoms with Crippen LogP contribution >= 0.6 is 0 Å². The van der Waals surface area contributed by atoms with E-state index in [0.29, 0.717) is 12.2 Å². The fourth-order valence-electron chi connectivity index (χ4n) is 3.21. The highest BCUT2D eigenvalue weighted by molar-refractivity contribution is 6.00. The molecule has 0 radical (unpaired) electrons. The second-order valence-electron chi connectivity index (χ2n) is 5.68. The second kappa shape index (κ2) is 6.75. The molecule has 0 saturated carbocycles. The molecule has 0 aliphatic heterocycles. The highest BCUT2D eigenvalue weighted by atomic mass is 16.5. The minimum absolute atomic E-state index is 0.272. The van der Waals surface area contributed by atoms with Crippen LogP contribution in [0.3, 0.4) is 0 Å². The van der Waals surface area contributed by atoms with Gasteiger partial charge in [-0.1, -0.05) is 48.5 Å². The molecule has 24 heavy (non-hydrogen) atoms. The molecule has 0 spiro atoms.